The van der Waals surface area contributed by atoms with E-state index in [-0.39, 0.29) is 35.5 Å². The van der Waals surface area contributed by atoms with E-state index in [2.05, 4.69) is 5.32 Å². The average Bonchev–Trinajstić information content (AvgIpc) is 2.45. The van der Waals surface area contributed by atoms with E-state index >= 15 is 0 Å². The first-order valence-electron chi connectivity index (χ1n) is 8.86. The maximum absolute atomic E-state index is 13.2. The van der Waals surface area contributed by atoms with Gasteiger partial charge in [-0.1, -0.05) is 25.0 Å². The van der Waals surface area contributed by atoms with Crippen LogP contribution < -0.4 is 5.32 Å². The van der Waals surface area contributed by atoms with Gasteiger partial charge in [0.2, 0.25) is 11.8 Å². The van der Waals surface area contributed by atoms with Crippen molar-refractivity contribution in [3.63, 3.8) is 0 Å². The summed E-state index contributed by atoms with van der Waals surface area (Å²) in [4.78, 5) is 26.4. The fourth-order valence-corrected chi connectivity index (χ4v) is 3.27. The molecule has 2 fully saturated rings. The molecule has 0 saturated heterocycles. The molecule has 0 aliphatic heterocycles. The van der Waals surface area contributed by atoms with Gasteiger partial charge < -0.3 is 10.2 Å². The van der Waals surface area contributed by atoms with Crippen molar-refractivity contribution < 1.29 is 14.0 Å². The summed E-state index contributed by atoms with van der Waals surface area (Å²) in [5, 5.41) is 2.98. The Kier molecular flexibility index (Phi) is 5.17. The summed E-state index contributed by atoms with van der Waals surface area (Å²) in [6.07, 6.45) is 5.98. The van der Waals surface area contributed by atoms with Crippen molar-refractivity contribution in [3.8, 4) is 0 Å². The van der Waals surface area contributed by atoms with Crippen molar-refractivity contribution in [2.45, 2.75) is 44.6 Å². The molecule has 0 radical (unpaired) electrons. The predicted molar refractivity (Wildman–Crippen MR) is 89.6 cm³/mol. The van der Waals surface area contributed by atoms with Crippen LogP contribution in [0.5, 0.6) is 0 Å². The third kappa shape index (κ3) is 3.60. The van der Waals surface area contributed by atoms with Crippen LogP contribution in [0.15, 0.2) is 24.3 Å². The number of amides is 2. The monoisotopic (exact) mass is 332 g/mol. The number of benzene rings is 1. The summed E-state index contributed by atoms with van der Waals surface area (Å²) in [6, 6.07) is 5.93. The van der Waals surface area contributed by atoms with Crippen molar-refractivity contribution in [2.24, 2.45) is 11.8 Å². The molecule has 1 aromatic rings. The Hall–Kier alpha value is -1.91. The molecule has 2 saturated carbocycles. The minimum absolute atomic E-state index is 0.0675. The van der Waals surface area contributed by atoms with Gasteiger partial charge in [0, 0.05) is 25.4 Å². The molecule has 2 aliphatic carbocycles. The van der Waals surface area contributed by atoms with E-state index in [4.69, 9.17) is 0 Å². The van der Waals surface area contributed by atoms with Gasteiger partial charge in [-0.25, -0.2) is 4.39 Å². The highest BCUT2D eigenvalue weighted by Gasteiger charge is 2.32. The third-order valence-electron chi connectivity index (χ3n) is 5.47. The minimum atomic E-state index is -0.302. The second-order valence-electron chi connectivity index (χ2n) is 7.02. The summed E-state index contributed by atoms with van der Waals surface area (Å²) in [5.74, 6) is 0.0992. The molecule has 1 atom stereocenters. The van der Waals surface area contributed by atoms with Gasteiger partial charge in [-0.2, -0.15) is 0 Å². The van der Waals surface area contributed by atoms with Gasteiger partial charge in [-0.3, -0.25) is 9.59 Å². The molecule has 0 spiro atoms. The lowest BCUT2D eigenvalue weighted by molar-refractivity contribution is -0.139. The van der Waals surface area contributed by atoms with Crippen molar-refractivity contribution in [1.29, 1.82) is 0 Å². The van der Waals surface area contributed by atoms with Crippen LogP contribution in [0.4, 0.5) is 4.39 Å². The zero-order valence-electron chi connectivity index (χ0n) is 14.1. The molecule has 2 aliphatic rings. The Morgan fingerprint density at radius 2 is 1.71 bits per heavy atom. The fraction of sp³-hybridized carbons (Fsp3) is 0.579. The molecule has 130 valence electrons. The maximum atomic E-state index is 13.2. The Morgan fingerprint density at radius 3 is 2.21 bits per heavy atom. The van der Waals surface area contributed by atoms with Gasteiger partial charge in [-0.05, 0) is 43.4 Å². The second kappa shape index (κ2) is 7.32. The zero-order valence-corrected chi connectivity index (χ0v) is 14.1. The van der Waals surface area contributed by atoms with E-state index in [9.17, 15) is 14.0 Å². The molecule has 5 heteroatoms. The van der Waals surface area contributed by atoms with Crippen LogP contribution in [0.25, 0.3) is 0 Å². The Balaban J connectivity index is 1.70. The molecular formula is C19H25FN2O2. The van der Waals surface area contributed by atoms with Crippen molar-refractivity contribution in [1.82, 2.24) is 10.2 Å². The number of rotatable bonds is 6. The highest BCUT2D eigenvalue weighted by Crippen LogP contribution is 2.31. The van der Waals surface area contributed by atoms with Gasteiger partial charge >= 0.3 is 0 Å². The number of carbonyl (C=O) groups excluding carboxylic acids is 2. The first-order valence-corrected chi connectivity index (χ1v) is 8.86. The Bertz CT molecular complexity index is 594. The number of halogens is 1. The number of likely N-dealkylation sites (N-methyl/N-ethyl adjacent to an activating group) is 1. The van der Waals surface area contributed by atoms with Crippen LogP contribution in [0.1, 0.15) is 50.1 Å². The predicted octanol–water partition coefficient (Wildman–Crippen LogP) is 3.04. The molecule has 0 aromatic heterocycles. The third-order valence-corrected chi connectivity index (χ3v) is 5.47. The summed E-state index contributed by atoms with van der Waals surface area (Å²) in [5.41, 5.74) is 0.848. The van der Waals surface area contributed by atoms with Crippen LogP contribution >= 0.6 is 0 Å². The number of nitrogens with zero attached hydrogens (tertiary/aromatic N) is 1. The lowest BCUT2D eigenvalue weighted by Crippen LogP contribution is -2.44. The van der Waals surface area contributed by atoms with Crippen LogP contribution in [-0.2, 0) is 9.59 Å². The van der Waals surface area contributed by atoms with Crippen LogP contribution in [0.3, 0.4) is 0 Å². The number of hydrogen-bond acceptors (Lipinski definition) is 2. The minimum Gasteiger partial charge on any atom is -0.353 e. The molecule has 2 amide bonds. The summed E-state index contributed by atoms with van der Waals surface area (Å²) in [7, 11) is 1.78. The Labute approximate surface area is 142 Å². The van der Waals surface area contributed by atoms with Crippen LogP contribution in [0.2, 0.25) is 0 Å². The van der Waals surface area contributed by atoms with Crippen molar-refractivity contribution >= 4 is 11.8 Å². The molecule has 4 nitrogen and oxygen atoms in total. The quantitative estimate of drug-likeness (QED) is 0.870. The van der Waals surface area contributed by atoms with Gasteiger partial charge in [0.1, 0.15) is 5.82 Å². The highest BCUT2D eigenvalue weighted by atomic mass is 19.1. The van der Waals surface area contributed by atoms with E-state index in [1.165, 1.54) is 12.1 Å². The topological polar surface area (TPSA) is 49.4 Å². The van der Waals surface area contributed by atoms with Gasteiger partial charge in [0.25, 0.3) is 0 Å². The lowest BCUT2D eigenvalue weighted by Gasteiger charge is -2.35. The van der Waals surface area contributed by atoms with Crippen molar-refractivity contribution in [3.05, 3.63) is 35.6 Å². The van der Waals surface area contributed by atoms with E-state index in [0.717, 1.165) is 44.1 Å². The number of hydrogen-bond donors (Lipinski definition) is 1. The highest BCUT2D eigenvalue weighted by molar-refractivity contribution is 5.81. The zero-order chi connectivity index (χ0) is 17.1. The summed E-state index contributed by atoms with van der Waals surface area (Å²) in [6.45, 7) is 0.371. The Morgan fingerprint density at radius 1 is 1.12 bits per heavy atom. The molecule has 0 heterocycles. The standard InChI is InChI=1S/C19H25FN2O2/c1-22(19(24)15-6-3-7-15)17(13-8-10-16(20)11-9-13)12-21-18(23)14-4-2-5-14/h8-11,14-15,17H,2-7,12H2,1H3,(H,21,23)/t17-/m1/s1. The molecule has 1 N–H and O–H groups in total. The number of carbonyl (C=O) groups is 2. The van der Waals surface area contributed by atoms with Gasteiger partial charge in [0.15, 0.2) is 0 Å². The molecular weight excluding hydrogens is 307 g/mol. The van der Waals surface area contributed by atoms with Gasteiger partial charge in [-0.15, -0.1) is 0 Å². The van der Waals surface area contributed by atoms with E-state index in [1.54, 1.807) is 24.1 Å². The molecule has 0 unspecified atom stereocenters. The maximum Gasteiger partial charge on any atom is 0.225 e. The van der Waals surface area contributed by atoms with Crippen molar-refractivity contribution in [2.75, 3.05) is 13.6 Å². The first-order chi connectivity index (χ1) is 11.6. The molecule has 1 aromatic carbocycles. The van der Waals surface area contributed by atoms with E-state index in [0.29, 0.717) is 6.54 Å². The fourth-order valence-electron chi connectivity index (χ4n) is 3.27. The summed E-state index contributed by atoms with van der Waals surface area (Å²) < 4.78 is 13.2. The molecule has 24 heavy (non-hydrogen) atoms. The lowest BCUT2D eigenvalue weighted by atomic mass is 9.83. The van der Waals surface area contributed by atoms with Gasteiger partial charge in [0.05, 0.1) is 6.04 Å². The smallest absolute Gasteiger partial charge is 0.225 e. The summed E-state index contributed by atoms with van der Waals surface area (Å²) >= 11 is 0. The van der Waals surface area contributed by atoms with Crippen LogP contribution in [0, 0.1) is 17.7 Å². The molecule has 3 rings (SSSR count). The normalized spacial score (nSPS) is 19.1. The number of nitrogens with one attached hydrogen (secondary N) is 1. The largest absolute Gasteiger partial charge is 0.353 e. The average molecular weight is 332 g/mol. The SMILES string of the molecule is CN(C(=O)C1CCC1)[C@H](CNC(=O)C1CCC1)c1ccc(F)cc1. The van der Waals surface area contributed by atoms with E-state index < -0.39 is 0 Å². The van der Waals surface area contributed by atoms with Crippen LogP contribution in [-0.4, -0.2) is 30.3 Å². The second-order valence-corrected chi connectivity index (χ2v) is 7.02. The van der Waals surface area contributed by atoms with E-state index in [1.807, 2.05) is 0 Å². The molecule has 0 bridgehead atoms. The first kappa shape index (κ1) is 16.9.